The molecule has 2 atom stereocenters. The molecule has 2 nitrogen and oxygen atoms in total. The first-order chi connectivity index (χ1) is 9.26. The molecule has 110 valence electrons. The minimum absolute atomic E-state index is 0.274. The molecule has 2 aromatic rings. The van der Waals surface area contributed by atoms with Crippen molar-refractivity contribution in [1.82, 2.24) is 0 Å². The number of furan rings is 1. The molecule has 0 spiro atoms. The van der Waals surface area contributed by atoms with Crippen molar-refractivity contribution >= 4 is 22.6 Å². The van der Waals surface area contributed by atoms with Crippen LogP contribution in [0.15, 0.2) is 28.7 Å². The van der Waals surface area contributed by atoms with Gasteiger partial charge in [-0.15, -0.1) is 0 Å². The number of aliphatic hydroxyl groups excluding tert-OH is 1. The summed E-state index contributed by atoms with van der Waals surface area (Å²) in [4.78, 5) is 0. The Morgan fingerprint density at radius 3 is 2.60 bits per heavy atom. The number of halogens is 1. The molecular formula is C17H23ClO2. The Balaban J connectivity index is 2.11. The van der Waals surface area contributed by atoms with Gasteiger partial charge in [0.1, 0.15) is 11.9 Å². The number of aliphatic hydroxyl groups is 1. The van der Waals surface area contributed by atoms with Gasteiger partial charge >= 0.3 is 0 Å². The van der Waals surface area contributed by atoms with Crippen molar-refractivity contribution < 1.29 is 9.52 Å². The number of benzene rings is 1. The van der Waals surface area contributed by atoms with Crippen LogP contribution in [0.5, 0.6) is 0 Å². The molecule has 2 unspecified atom stereocenters. The van der Waals surface area contributed by atoms with Crippen LogP contribution in [0.2, 0.25) is 5.02 Å². The van der Waals surface area contributed by atoms with Crippen molar-refractivity contribution in [2.45, 2.75) is 46.6 Å². The van der Waals surface area contributed by atoms with Crippen molar-refractivity contribution in [2.24, 2.45) is 11.3 Å². The lowest BCUT2D eigenvalue weighted by Gasteiger charge is -2.24. The van der Waals surface area contributed by atoms with Crippen LogP contribution in [0.1, 0.15) is 52.4 Å². The number of para-hydroxylation sites is 1. The number of rotatable bonds is 4. The summed E-state index contributed by atoms with van der Waals surface area (Å²) in [7, 11) is 0. The van der Waals surface area contributed by atoms with Gasteiger partial charge in [0, 0.05) is 5.39 Å². The molecule has 2 rings (SSSR count). The summed E-state index contributed by atoms with van der Waals surface area (Å²) < 4.78 is 5.71. The largest absolute Gasteiger partial charge is 0.457 e. The molecule has 0 aliphatic heterocycles. The highest BCUT2D eigenvalue weighted by Gasteiger charge is 2.21. The third kappa shape index (κ3) is 3.77. The molecule has 0 radical (unpaired) electrons. The molecule has 0 saturated heterocycles. The van der Waals surface area contributed by atoms with E-state index in [1.165, 1.54) is 0 Å². The molecule has 1 heterocycles. The summed E-state index contributed by atoms with van der Waals surface area (Å²) in [5.41, 5.74) is 0.933. The van der Waals surface area contributed by atoms with Crippen LogP contribution in [0.4, 0.5) is 0 Å². The zero-order valence-corrected chi connectivity index (χ0v) is 13.4. The molecule has 3 heteroatoms. The van der Waals surface area contributed by atoms with Crippen molar-refractivity contribution in [3.8, 4) is 0 Å². The monoisotopic (exact) mass is 294 g/mol. The van der Waals surface area contributed by atoms with Gasteiger partial charge in [-0.3, -0.25) is 0 Å². The van der Waals surface area contributed by atoms with Gasteiger partial charge in [0.05, 0.1) is 5.02 Å². The Morgan fingerprint density at radius 2 is 2.00 bits per heavy atom. The average molecular weight is 295 g/mol. The van der Waals surface area contributed by atoms with E-state index in [9.17, 15) is 5.11 Å². The number of hydrogen-bond acceptors (Lipinski definition) is 2. The van der Waals surface area contributed by atoms with Crippen LogP contribution < -0.4 is 0 Å². The first-order valence-corrected chi connectivity index (χ1v) is 7.50. The van der Waals surface area contributed by atoms with Crippen LogP contribution in [0, 0.1) is 11.3 Å². The Labute approximate surface area is 125 Å². The van der Waals surface area contributed by atoms with Crippen LogP contribution in [0.3, 0.4) is 0 Å². The van der Waals surface area contributed by atoms with E-state index >= 15 is 0 Å². The minimum atomic E-state index is -0.573. The molecule has 1 N–H and O–H groups in total. The SMILES string of the molecule is CC(CC(O)c1cc2cccc(Cl)c2o1)CC(C)(C)C. The molecule has 1 aromatic heterocycles. The lowest BCUT2D eigenvalue weighted by Crippen LogP contribution is -2.13. The van der Waals surface area contributed by atoms with Crippen molar-refractivity contribution in [1.29, 1.82) is 0 Å². The summed E-state index contributed by atoms with van der Waals surface area (Å²) in [6.45, 7) is 8.83. The molecular weight excluding hydrogens is 272 g/mol. The maximum absolute atomic E-state index is 10.3. The van der Waals surface area contributed by atoms with Crippen LogP contribution in [-0.2, 0) is 0 Å². The van der Waals surface area contributed by atoms with Gasteiger partial charge in [-0.25, -0.2) is 0 Å². The van der Waals surface area contributed by atoms with E-state index in [0.29, 0.717) is 28.7 Å². The molecule has 0 bridgehead atoms. The van der Waals surface area contributed by atoms with E-state index in [-0.39, 0.29) is 5.41 Å². The van der Waals surface area contributed by atoms with Gasteiger partial charge in [0.25, 0.3) is 0 Å². The first-order valence-electron chi connectivity index (χ1n) is 7.12. The minimum Gasteiger partial charge on any atom is -0.457 e. The second-order valence-electron chi connectivity index (χ2n) is 6.93. The Morgan fingerprint density at radius 1 is 1.30 bits per heavy atom. The molecule has 0 fully saturated rings. The van der Waals surface area contributed by atoms with Crippen LogP contribution in [-0.4, -0.2) is 5.11 Å². The van der Waals surface area contributed by atoms with Gasteiger partial charge in [-0.2, -0.15) is 0 Å². The third-order valence-electron chi connectivity index (χ3n) is 3.43. The molecule has 20 heavy (non-hydrogen) atoms. The van der Waals surface area contributed by atoms with E-state index < -0.39 is 6.10 Å². The topological polar surface area (TPSA) is 33.4 Å². The summed E-state index contributed by atoms with van der Waals surface area (Å²) in [6, 6.07) is 7.51. The third-order valence-corrected chi connectivity index (χ3v) is 3.73. The second kappa shape index (κ2) is 5.79. The highest BCUT2D eigenvalue weighted by Crippen LogP contribution is 2.34. The van der Waals surface area contributed by atoms with E-state index in [4.69, 9.17) is 16.0 Å². The maximum Gasteiger partial charge on any atom is 0.152 e. The summed E-state index contributed by atoms with van der Waals surface area (Å²) in [5.74, 6) is 1.04. The predicted octanol–water partition coefficient (Wildman–Crippen LogP) is 5.58. The van der Waals surface area contributed by atoms with Gasteiger partial charge in [-0.1, -0.05) is 51.4 Å². The number of fused-ring (bicyclic) bond motifs is 1. The van der Waals surface area contributed by atoms with Crippen molar-refractivity contribution in [3.63, 3.8) is 0 Å². The lowest BCUT2D eigenvalue weighted by molar-refractivity contribution is 0.114. The maximum atomic E-state index is 10.3. The summed E-state index contributed by atoms with van der Waals surface area (Å²) in [6.07, 6.45) is 1.20. The Bertz CT molecular complexity index is 580. The quantitative estimate of drug-likeness (QED) is 0.798. The van der Waals surface area contributed by atoms with Gasteiger partial charge < -0.3 is 9.52 Å². The molecule has 0 aliphatic carbocycles. The molecule has 1 aromatic carbocycles. The van der Waals surface area contributed by atoms with E-state index in [1.807, 2.05) is 18.2 Å². The average Bonchev–Trinajstić information content (AvgIpc) is 2.71. The van der Waals surface area contributed by atoms with Crippen molar-refractivity contribution in [3.05, 3.63) is 35.0 Å². The predicted molar refractivity (Wildman–Crippen MR) is 84.0 cm³/mol. The first kappa shape index (κ1) is 15.4. The van der Waals surface area contributed by atoms with E-state index in [1.54, 1.807) is 6.07 Å². The highest BCUT2D eigenvalue weighted by molar-refractivity contribution is 6.34. The molecule has 0 aliphatic rings. The van der Waals surface area contributed by atoms with Gasteiger partial charge in [-0.05, 0) is 36.3 Å². The lowest BCUT2D eigenvalue weighted by atomic mass is 9.83. The van der Waals surface area contributed by atoms with E-state index in [0.717, 1.165) is 11.8 Å². The normalized spacial score (nSPS) is 15.5. The van der Waals surface area contributed by atoms with Crippen LogP contribution in [0.25, 0.3) is 11.0 Å². The fourth-order valence-corrected chi connectivity index (χ4v) is 3.06. The highest BCUT2D eigenvalue weighted by atomic mass is 35.5. The standard InChI is InChI=1S/C17H23ClO2/c1-11(10-17(2,3)4)8-14(19)15-9-12-6-5-7-13(18)16(12)20-15/h5-7,9,11,14,19H,8,10H2,1-4H3. The Hall–Kier alpha value is -0.990. The number of hydrogen-bond donors (Lipinski definition) is 1. The zero-order valence-electron chi connectivity index (χ0n) is 12.6. The van der Waals surface area contributed by atoms with E-state index in [2.05, 4.69) is 27.7 Å². The summed E-state index contributed by atoms with van der Waals surface area (Å²) in [5, 5.41) is 11.9. The van der Waals surface area contributed by atoms with Crippen molar-refractivity contribution in [2.75, 3.05) is 0 Å². The van der Waals surface area contributed by atoms with Gasteiger partial charge in [0.2, 0.25) is 0 Å². The Kier molecular flexibility index (Phi) is 4.46. The molecule has 0 saturated carbocycles. The second-order valence-corrected chi connectivity index (χ2v) is 7.34. The van der Waals surface area contributed by atoms with Crippen LogP contribution >= 0.6 is 11.6 Å². The summed E-state index contributed by atoms with van der Waals surface area (Å²) >= 11 is 6.09. The fraction of sp³-hybridized carbons (Fsp3) is 0.529. The van der Waals surface area contributed by atoms with Gasteiger partial charge in [0.15, 0.2) is 5.58 Å². The fourth-order valence-electron chi connectivity index (χ4n) is 2.84. The smallest absolute Gasteiger partial charge is 0.152 e. The molecule has 0 amide bonds. The zero-order chi connectivity index (χ0) is 14.9.